The molecule has 0 atom stereocenters. The summed E-state index contributed by atoms with van der Waals surface area (Å²) in [6.07, 6.45) is 1.96. The molecule has 1 heterocycles. The molecule has 12 heavy (non-hydrogen) atoms. The minimum atomic E-state index is 0.297. The molecule has 2 aromatic rings. The van der Waals surface area contributed by atoms with Crippen LogP contribution in [0.3, 0.4) is 0 Å². The zero-order valence-electron chi connectivity index (χ0n) is 6.34. The normalized spacial score (nSPS) is 10.0. The van der Waals surface area contributed by atoms with E-state index in [1.165, 1.54) is 0 Å². The largest absolute Gasteiger partial charge is 0.508 e. The lowest BCUT2D eigenvalue weighted by molar-refractivity contribution is -0.590. The molecule has 0 saturated heterocycles. The molecule has 0 saturated carbocycles. The number of hydrogen-bond acceptors (Lipinski definition) is 2. The van der Waals surface area contributed by atoms with Crippen molar-refractivity contribution in [3.63, 3.8) is 0 Å². The molecule has 60 valence electrons. The van der Waals surface area contributed by atoms with E-state index >= 15 is 0 Å². The number of aromatic nitrogens is 1. The highest BCUT2D eigenvalue weighted by Crippen LogP contribution is 2.10. The minimum Gasteiger partial charge on any atom is -0.508 e. The van der Waals surface area contributed by atoms with Crippen molar-refractivity contribution in [1.82, 2.24) is 0 Å². The molecule has 1 aromatic carbocycles. The Bertz CT molecular complexity index is 370. The van der Waals surface area contributed by atoms with Crippen molar-refractivity contribution in [3.8, 4) is 11.4 Å². The maximum atomic E-state index is 9.20. The first-order chi connectivity index (χ1) is 5.86. The Balaban J connectivity index is 2.48. The number of rotatable bonds is 1. The molecule has 3 heteroatoms. The second-order valence-corrected chi connectivity index (χ2v) is 3.21. The standard InChI is InChI=1S/C9H7NOS/c11-9-3-1-2-8(6-9)10-4-5-12-7-10/h1-7H/p+1. The summed E-state index contributed by atoms with van der Waals surface area (Å²) in [6.45, 7) is 0. The van der Waals surface area contributed by atoms with Crippen LogP contribution in [0.1, 0.15) is 0 Å². The summed E-state index contributed by atoms with van der Waals surface area (Å²) >= 11 is 1.62. The molecule has 0 aliphatic rings. The lowest BCUT2D eigenvalue weighted by Crippen LogP contribution is -2.25. The van der Waals surface area contributed by atoms with Gasteiger partial charge in [-0.2, -0.15) is 4.57 Å². The van der Waals surface area contributed by atoms with Crippen LogP contribution in [0.15, 0.2) is 41.4 Å². The molecule has 0 radical (unpaired) electrons. The van der Waals surface area contributed by atoms with E-state index in [-0.39, 0.29) is 0 Å². The van der Waals surface area contributed by atoms with Crippen LogP contribution in [0.5, 0.6) is 5.75 Å². The van der Waals surface area contributed by atoms with Crippen molar-refractivity contribution in [1.29, 1.82) is 0 Å². The third kappa shape index (κ3) is 1.31. The highest BCUT2D eigenvalue weighted by atomic mass is 32.1. The van der Waals surface area contributed by atoms with E-state index in [4.69, 9.17) is 0 Å². The Morgan fingerprint density at radius 3 is 2.92 bits per heavy atom. The second-order valence-electron chi connectivity index (χ2n) is 2.45. The van der Waals surface area contributed by atoms with Gasteiger partial charge in [-0.15, -0.1) is 0 Å². The topological polar surface area (TPSA) is 24.1 Å². The predicted molar refractivity (Wildman–Crippen MR) is 47.5 cm³/mol. The fourth-order valence-electron chi connectivity index (χ4n) is 1.04. The Morgan fingerprint density at radius 1 is 1.33 bits per heavy atom. The summed E-state index contributed by atoms with van der Waals surface area (Å²) in [5, 5.41) is 11.2. The average Bonchev–Trinajstić information content (AvgIpc) is 2.56. The Labute approximate surface area is 74.4 Å². The van der Waals surface area contributed by atoms with Crippen LogP contribution < -0.4 is 4.57 Å². The van der Waals surface area contributed by atoms with Crippen molar-refractivity contribution in [2.24, 2.45) is 0 Å². The van der Waals surface area contributed by atoms with Crippen molar-refractivity contribution < 1.29 is 9.67 Å². The maximum absolute atomic E-state index is 9.20. The number of benzene rings is 1. The van der Waals surface area contributed by atoms with Crippen LogP contribution in [0.25, 0.3) is 5.69 Å². The lowest BCUT2D eigenvalue weighted by Gasteiger charge is -1.91. The number of thiazole rings is 1. The lowest BCUT2D eigenvalue weighted by atomic mass is 10.3. The fraction of sp³-hybridized carbons (Fsp3) is 0. The second kappa shape index (κ2) is 2.95. The quantitative estimate of drug-likeness (QED) is 0.661. The molecule has 0 aliphatic carbocycles. The smallest absolute Gasteiger partial charge is 0.230 e. The third-order valence-corrected chi connectivity index (χ3v) is 2.23. The van der Waals surface area contributed by atoms with Gasteiger partial charge in [-0.25, -0.2) is 0 Å². The molecule has 0 amide bonds. The molecule has 1 aromatic heterocycles. The van der Waals surface area contributed by atoms with E-state index in [1.54, 1.807) is 23.5 Å². The van der Waals surface area contributed by atoms with Gasteiger partial charge >= 0.3 is 0 Å². The first-order valence-electron chi connectivity index (χ1n) is 3.59. The Morgan fingerprint density at radius 2 is 2.25 bits per heavy atom. The van der Waals surface area contributed by atoms with Gasteiger partial charge in [0.05, 0.1) is 11.4 Å². The Hall–Kier alpha value is -1.35. The van der Waals surface area contributed by atoms with E-state index in [1.807, 2.05) is 33.8 Å². The van der Waals surface area contributed by atoms with Crippen LogP contribution in [0.4, 0.5) is 0 Å². The zero-order chi connectivity index (χ0) is 8.39. The average molecular weight is 178 g/mol. The summed E-state index contributed by atoms with van der Waals surface area (Å²) in [4.78, 5) is 0. The zero-order valence-corrected chi connectivity index (χ0v) is 7.16. The molecule has 0 aliphatic heterocycles. The molecule has 0 unspecified atom stereocenters. The van der Waals surface area contributed by atoms with Crippen molar-refractivity contribution >= 4 is 11.3 Å². The van der Waals surface area contributed by atoms with Gasteiger partial charge in [0, 0.05) is 6.07 Å². The van der Waals surface area contributed by atoms with E-state index in [9.17, 15) is 5.11 Å². The van der Waals surface area contributed by atoms with Crippen molar-refractivity contribution in [2.45, 2.75) is 0 Å². The van der Waals surface area contributed by atoms with Gasteiger partial charge in [0.2, 0.25) is 11.2 Å². The van der Waals surface area contributed by atoms with E-state index < -0.39 is 0 Å². The molecule has 2 nitrogen and oxygen atoms in total. The van der Waals surface area contributed by atoms with Gasteiger partial charge in [0.25, 0.3) is 0 Å². The van der Waals surface area contributed by atoms with Gasteiger partial charge in [-0.05, 0) is 6.07 Å². The van der Waals surface area contributed by atoms with Crippen molar-refractivity contribution in [3.05, 3.63) is 41.4 Å². The first-order valence-corrected chi connectivity index (χ1v) is 4.53. The monoisotopic (exact) mass is 178 g/mol. The molecule has 0 spiro atoms. The minimum absolute atomic E-state index is 0.297. The molecular weight excluding hydrogens is 170 g/mol. The van der Waals surface area contributed by atoms with Crippen LogP contribution in [-0.4, -0.2) is 5.11 Å². The third-order valence-electron chi connectivity index (χ3n) is 1.60. The summed E-state index contributed by atoms with van der Waals surface area (Å²) in [5.41, 5.74) is 2.96. The number of aromatic hydroxyl groups is 1. The van der Waals surface area contributed by atoms with Gasteiger partial charge in [0.1, 0.15) is 5.75 Å². The predicted octanol–water partition coefficient (Wildman–Crippen LogP) is 1.73. The fourth-order valence-corrected chi connectivity index (χ4v) is 1.63. The van der Waals surface area contributed by atoms with Gasteiger partial charge in [-0.1, -0.05) is 17.4 Å². The number of phenolic OH excluding ortho intramolecular Hbond substituents is 1. The summed E-state index contributed by atoms with van der Waals surface area (Å²) in [5.74, 6) is 0.297. The number of phenols is 1. The van der Waals surface area contributed by atoms with E-state index in [2.05, 4.69) is 0 Å². The highest BCUT2D eigenvalue weighted by Gasteiger charge is 2.04. The molecule has 1 N–H and O–H groups in total. The highest BCUT2D eigenvalue weighted by molar-refractivity contribution is 7.07. The summed E-state index contributed by atoms with van der Waals surface area (Å²) in [6, 6.07) is 7.17. The number of nitrogens with zero attached hydrogens (tertiary/aromatic N) is 1. The van der Waals surface area contributed by atoms with E-state index in [0.29, 0.717) is 5.75 Å². The van der Waals surface area contributed by atoms with Gasteiger partial charge < -0.3 is 5.11 Å². The van der Waals surface area contributed by atoms with Gasteiger partial charge in [-0.3, -0.25) is 0 Å². The van der Waals surface area contributed by atoms with Gasteiger partial charge in [0.15, 0.2) is 6.20 Å². The first kappa shape index (κ1) is 7.31. The van der Waals surface area contributed by atoms with Crippen LogP contribution in [0, 0.1) is 0 Å². The maximum Gasteiger partial charge on any atom is 0.230 e. The van der Waals surface area contributed by atoms with Crippen LogP contribution in [-0.2, 0) is 0 Å². The van der Waals surface area contributed by atoms with Crippen molar-refractivity contribution in [2.75, 3.05) is 0 Å². The van der Waals surface area contributed by atoms with Crippen LogP contribution in [0.2, 0.25) is 0 Å². The molecule has 2 rings (SSSR count). The Kier molecular flexibility index (Phi) is 1.80. The summed E-state index contributed by atoms with van der Waals surface area (Å²) < 4.78 is 1.96. The van der Waals surface area contributed by atoms with Crippen LogP contribution >= 0.6 is 11.3 Å². The number of hydrogen-bond donors (Lipinski definition) is 1. The summed E-state index contributed by atoms with van der Waals surface area (Å²) in [7, 11) is 0. The molecule has 0 fully saturated rings. The molecular formula is C9H8NOS+. The molecule has 0 bridgehead atoms. The van der Waals surface area contributed by atoms with E-state index in [0.717, 1.165) is 5.69 Å². The SMILES string of the molecule is Oc1cccc(-[n+]2ccsc2)c1.